The largest absolute Gasteiger partial charge is 0.496 e. The van der Waals surface area contributed by atoms with Crippen molar-refractivity contribution in [3.8, 4) is 5.75 Å². The molecule has 1 aromatic carbocycles. The van der Waals surface area contributed by atoms with E-state index in [1.54, 1.807) is 0 Å². The predicted octanol–water partition coefficient (Wildman–Crippen LogP) is 1.66. The van der Waals surface area contributed by atoms with Crippen LogP contribution in [0.5, 0.6) is 5.75 Å². The van der Waals surface area contributed by atoms with Gasteiger partial charge in [0, 0.05) is 5.69 Å². The minimum Gasteiger partial charge on any atom is -0.496 e. The van der Waals surface area contributed by atoms with Crippen LogP contribution in [0, 0.1) is 0 Å². The van der Waals surface area contributed by atoms with Crippen molar-refractivity contribution in [2.45, 2.75) is 6.61 Å². The fourth-order valence-corrected chi connectivity index (χ4v) is 1.03. The minimum absolute atomic E-state index is 0.127. The minimum atomic E-state index is -3.16. The third-order valence-corrected chi connectivity index (χ3v) is 1.64. The van der Waals surface area contributed by atoms with E-state index in [0.29, 0.717) is 0 Å². The average molecular weight is 217 g/mol. The summed E-state index contributed by atoms with van der Waals surface area (Å²) in [5, 5.41) is 0. The van der Waals surface area contributed by atoms with Gasteiger partial charge in [0.2, 0.25) is 0 Å². The maximum Gasteiger partial charge on any atom is 0.389 e. The van der Waals surface area contributed by atoms with Crippen LogP contribution in [0.15, 0.2) is 18.2 Å². The summed E-state index contributed by atoms with van der Waals surface area (Å²) in [4.78, 5) is 11.1. The number of benzene rings is 1. The first-order valence-corrected chi connectivity index (χ1v) is 3.97. The van der Waals surface area contributed by atoms with Crippen molar-refractivity contribution in [3.05, 3.63) is 23.8 Å². The van der Waals surface area contributed by atoms with Gasteiger partial charge in [-0.1, -0.05) is 0 Å². The summed E-state index contributed by atoms with van der Waals surface area (Å²) in [7, 11) is 1.31. The van der Waals surface area contributed by atoms with E-state index in [0.717, 1.165) is 0 Å². The first kappa shape index (κ1) is 11.2. The molecule has 82 valence electrons. The summed E-state index contributed by atoms with van der Waals surface area (Å²) >= 11 is 0. The van der Waals surface area contributed by atoms with Crippen molar-refractivity contribution in [2.24, 2.45) is 0 Å². The highest BCUT2D eigenvalue weighted by molar-refractivity contribution is 5.93. The van der Waals surface area contributed by atoms with Crippen molar-refractivity contribution in [3.63, 3.8) is 0 Å². The van der Waals surface area contributed by atoms with Crippen LogP contribution in [0.3, 0.4) is 0 Å². The Morgan fingerprint density at radius 1 is 1.47 bits per heavy atom. The number of halogens is 2. The smallest absolute Gasteiger partial charge is 0.389 e. The summed E-state index contributed by atoms with van der Waals surface area (Å²) in [6, 6.07) is 4.10. The number of ether oxygens (including phenoxy) is 2. The number of hydrogen-bond donors (Lipinski definition) is 1. The van der Waals surface area contributed by atoms with Crippen LogP contribution in [-0.4, -0.2) is 19.7 Å². The lowest BCUT2D eigenvalue weighted by Crippen LogP contribution is -2.11. The molecule has 0 aliphatic carbocycles. The molecule has 0 fully saturated rings. The second-order valence-corrected chi connectivity index (χ2v) is 2.63. The van der Waals surface area contributed by atoms with E-state index in [1.165, 1.54) is 25.3 Å². The molecule has 15 heavy (non-hydrogen) atoms. The molecule has 0 aromatic heterocycles. The maximum atomic E-state index is 11.8. The van der Waals surface area contributed by atoms with E-state index >= 15 is 0 Å². The van der Waals surface area contributed by atoms with Gasteiger partial charge in [-0.25, -0.2) is 4.79 Å². The zero-order chi connectivity index (χ0) is 11.4. The monoisotopic (exact) mass is 217 g/mol. The molecule has 0 saturated carbocycles. The molecule has 1 aromatic rings. The van der Waals surface area contributed by atoms with E-state index < -0.39 is 12.6 Å². The second-order valence-electron chi connectivity index (χ2n) is 2.63. The van der Waals surface area contributed by atoms with Crippen molar-refractivity contribution in [1.29, 1.82) is 0 Å². The Morgan fingerprint density at radius 3 is 2.67 bits per heavy atom. The summed E-state index contributed by atoms with van der Waals surface area (Å²) < 4.78 is 32.1. The summed E-state index contributed by atoms with van der Waals surface area (Å²) in [5.74, 6) is -1.04. The Labute approximate surface area is 84.6 Å². The number of carbonyl (C=O) groups is 1. The molecule has 0 amide bonds. The van der Waals surface area contributed by atoms with E-state index in [1.807, 2.05) is 0 Å². The molecular formula is C9H9F2NO3. The van der Waals surface area contributed by atoms with Crippen LogP contribution >= 0.6 is 0 Å². The van der Waals surface area contributed by atoms with E-state index in [9.17, 15) is 13.6 Å². The lowest BCUT2D eigenvalue weighted by molar-refractivity contribution is -0.0907. The number of alkyl halides is 2. The maximum absolute atomic E-state index is 11.8. The van der Waals surface area contributed by atoms with Gasteiger partial charge in [0.1, 0.15) is 11.3 Å². The Bertz CT molecular complexity index is 368. The zero-order valence-electron chi connectivity index (χ0n) is 7.87. The SMILES string of the molecule is COc1ccc(N)cc1C(=O)OC(F)F. The van der Waals surface area contributed by atoms with Gasteiger partial charge in [-0.15, -0.1) is 0 Å². The molecule has 6 heteroatoms. The predicted molar refractivity (Wildman–Crippen MR) is 48.8 cm³/mol. The number of methoxy groups -OCH3 is 1. The number of nitrogens with two attached hydrogens (primary N) is 1. The van der Waals surface area contributed by atoms with Crippen LogP contribution in [0.1, 0.15) is 10.4 Å². The number of carbonyl (C=O) groups excluding carboxylic acids is 1. The highest BCUT2D eigenvalue weighted by Gasteiger charge is 2.17. The molecule has 1 rings (SSSR count). The quantitative estimate of drug-likeness (QED) is 0.617. The summed E-state index contributed by atoms with van der Waals surface area (Å²) in [6.07, 6.45) is 0. The Morgan fingerprint density at radius 2 is 2.13 bits per heavy atom. The summed E-state index contributed by atoms with van der Waals surface area (Å²) in [6.45, 7) is -3.16. The molecule has 4 nitrogen and oxygen atoms in total. The Balaban J connectivity index is 3.00. The van der Waals surface area contributed by atoms with Gasteiger partial charge in [0.05, 0.1) is 7.11 Å². The lowest BCUT2D eigenvalue weighted by atomic mass is 10.2. The molecule has 0 radical (unpaired) electrons. The molecule has 0 spiro atoms. The number of hydrogen-bond acceptors (Lipinski definition) is 4. The first-order chi connectivity index (χ1) is 7.04. The Hall–Kier alpha value is -1.85. The fourth-order valence-electron chi connectivity index (χ4n) is 1.03. The zero-order valence-corrected chi connectivity index (χ0v) is 7.87. The number of anilines is 1. The van der Waals surface area contributed by atoms with Gasteiger partial charge in [-0.3, -0.25) is 0 Å². The van der Waals surface area contributed by atoms with Crippen molar-refractivity contribution < 1.29 is 23.0 Å². The number of rotatable bonds is 3. The highest BCUT2D eigenvalue weighted by atomic mass is 19.3. The van der Waals surface area contributed by atoms with Crippen LogP contribution in [-0.2, 0) is 4.74 Å². The molecule has 0 atom stereocenters. The molecule has 0 aliphatic heterocycles. The molecule has 2 N–H and O–H groups in total. The van der Waals surface area contributed by atoms with E-state index in [2.05, 4.69) is 4.74 Å². The van der Waals surface area contributed by atoms with E-state index in [4.69, 9.17) is 10.5 Å². The van der Waals surface area contributed by atoms with Crippen LogP contribution in [0.25, 0.3) is 0 Å². The van der Waals surface area contributed by atoms with E-state index in [-0.39, 0.29) is 17.0 Å². The first-order valence-electron chi connectivity index (χ1n) is 3.97. The molecule has 0 aliphatic rings. The molecule has 0 saturated heterocycles. The van der Waals surface area contributed by atoms with Gasteiger partial charge in [-0.05, 0) is 18.2 Å². The molecular weight excluding hydrogens is 208 g/mol. The number of esters is 1. The van der Waals surface area contributed by atoms with Crippen molar-refractivity contribution >= 4 is 11.7 Å². The van der Waals surface area contributed by atoms with Crippen molar-refractivity contribution in [1.82, 2.24) is 0 Å². The summed E-state index contributed by atoms with van der Waals surface area (Å²) in [5.41, 5.74) is 5.53. The van der Waals surface area contributed by atoms with Crippen LogP contribution in [0.4, 0.5) is 14.5 Å². The highest BCUT2D eigenvalue weighted by Crippen LogP contribution is 2.22. The van der Waals surface area contributed by atoms with Gasteiger partial charge < -0.3 is 15.2 Å². The molecule has 0 bridgehead atoms. The van der Waals surface area contributed by atoms with Crippen molar-refractivity contribution in [2.75, 3.05) is 12.8 Å². The van der Waals surface area contributed by atoms with Crippen LogP contribution in [0.2, 0.25) is 0 Å². The Kier molecular flexibility index (Phi) is 3.43. The second kappa shape index (κ2) is 4.59. The molecule has 0 unspecified atom stereocenters. The average Bonchev–Trinajstić information content (AvgIpc) is 2.16. The van der Waals surface area contributed by atoms with Crippen LogP contribution < -0.4 is 10.5 Å². The third-order valence-electron chi connectivity index (χ3n) is 1.64. The normalized spacial score (nSPS) is 10.1. The molecule has 0 heterocycles. The fraction of sp³-hybridized carbons (Fsp3) is 0.222. The van der Waals surface area contributed by atoms with Gasteiger partial charge in [0.25, 0.3) is 0 Å². The standard InChI is InChI=1S/C9H9F2NO3/c1-14-7-3-2-5(12)4-6(7)8(13)15-9(10)11/h2-4,9H,12H2,1H3. The third kappa shape index (κ3) is 2.80. The van der Waals surface area contributed by atoms with Gasteiger partial charge >= 0.3 is 12.6 Å². The number of nitrogen functional groups attached to an aromatic ring is 1. The van der Waals surface area contributed by atoms with Gasteiger partial charge in [0.15, 0.2) is 0 Å². The topological polar surface area (TPSA) is 61.5 Å². The van der Waals surface area contributed by atoms with Gasteiger partial charge in [-0.2, -0.15) is 8.78 Å². The lowest BCUT2D eigenvalue weighted by Gasteiger charge is -2.08.